The molecular formula is C12H16FN3O2. The van der Waals surface area contributed by atoms with E-state index < -0.39 is 10.7 Å². The summed E-state index contributed by atoms with van der Waals surface area (Å²) in [5.41, 5.74) is 6.06. The van der Waals surface area contributed by atoms with E-state index >= 15 is 0 Å². The second-order valence-corrected chi connectivity index (χ2v) is 4.62. The number of nitrogens with one attached hydrogen (secondary N) is 1. The highest BCUT2D eigenvalue weighted by atomic mass is 19.1. The molecule has 98 valence electrons. The molecule has 0 amide bonds. The highest BCUT2D eigenvalue weighted by Crippen LogP contribution is 2.28. The second-order valence-electron chi connectivity index (χ2n) is 4.62. The number of hydrogen-bond acceptors (Lipinski definition) is 4. The average Bonchev–Trinajstić information content (AvgIpc) is 2.32. The van der Waals surface area contributed by atoms with Crippen LogP contribution in [0.4, 0.5) is 15.8 Å². The van der Waals surface area contributed by atoms with Gasteiger partial charge in [0.1, 0.15) is 11.5 Å². The molecule has 0 aromatic heterocycles. The minimum atomic E-state index is -0.518. The number of halogens is 1. The topological polar surface area (TPSA) is 81.2 Å². The van der Waals surface area contributed by atoms with Crippen LogP contribution in [0.5, 0.6) is 0 Å². The van der Waals surface area contributed by atoms with Crippen molar-refractivity contribution in [3.05, 3.63) is 34.1 Å². The lowest BCUT2D eigenvalue weighted by Gasteiger charge is -2.29. The van der Waals surface area contributed by atoms with E-state index in [4.69, 9.17) is 5.73 Å². The van der Waals surface area contributed by atoms with Gasteiger partial charge in [-0.3, -0.25) is 10.1 Å². The number of nitro groups is 1. The Labute approximate surface area is 104 Å². The van der Waals surface area contributed by atoms with Crippen LogP contribution in [0, 0.1) is 15.9 Å². The van der Waals surface area contributed by atoms with Gasteiger partial charge < -0.3 is 11.1 Å². The summed E-state index contributed by atoms with van der Waals surface area (Å²) in [7, 11) is 0. The predicted octanol–water partition coefficient (Wildman–Crippen LogP) is 2.42. The van der Waals surface area contributed by atoms with Gasteiger partial charge in [-0.25, -0.2) is 4.39 Å². The SMILES string of the molecule is NC1CCCCC1Nc1cc(F)ccc1[N+](=O)[O-]. The van der Waals surface area contributed by atoms with Gasteiger partial charge in [0.2, 0.25) is 0 Å². The number of hydrogen-bond donors (Lipinski definition) is 2. The molecule has 1 saturated carbocycles. The van der Waals surface area contributed by atoms with E-state index in [1.54, 1.807) is 0 Å². The highest BCUT2D eigenvalue weighted by Gasteiger charge is 2.24. The van der Waals surface area contributed by atoms with E-state index in [0.29, 0.717) is 0 Å². The van der Waals surface area contributed by atoms with E-state index in [1.165, 1.54) is 6.07 Å². The first-order chi connectivity index (χ1) is 8.58. The molecule has 2 rings (SSSR count). The highest BCUT2D eigenvalue weighted by molar-refractivity contribution is 5.62. The van der Waals surface area contributed by atoms with Gasteiger partial charge in [0.25, 0.3) is 5.69 Å². The van der Waals surface area contributed by atoms with Crippen LogP contribution >= 0.6 is 0 Å². The van der Waals surface area contributed by atoms with Gasteiger partial charge in [0.05, 0.1) is 4.92 Å². The number of benzene rings is 1. The number of nitrogens with zero attached hydrogens (tertiary/aromatic N) is 1. The molecule has 0 heterocycles. The van der Waals surface area contributed by atoms with Crippen molar-refractivity contribution in [2.45, 2.75) is 37.8 Å². The zero-order chi connectivity index (χ0) is 13.1. The number of rotatable bonds is 3. The van der Waals surface area contributed by atoms with Crippen molar-refractivity contribution in [3.63, 3.8) is 0 Å². The first-order valence-electron chi connectivity index (χ1n) is 6.04. The van der Waals surface area contributed by atoms with Gasteiger partial charge in [0.15, 0.2) is 0 Å². The largest absolute Gasteiger partial charge is 0.375 e. The van der Waals surface area contributed by atoms with Gasteiger partial charge >= 0.3 is 0 Å². The molecular weight excluding hydrogens is 237 g/mol. The molecule has 6 heteroatoms. The molecule has 1 aliphatic rings. The lowest BCUT2D eigenvalue weighted by atomic mass is 9.91. The van der Waals surface area contributed by atoms with Crippen molar-refractivity contribution in [1.82, 2.24) is 0 Å². The minimum Gasteiger partial charge on any atom is -0.375 e. The maximum Gasteiger partial charge on any atom is 0.292 e. The third-order valence-corrected chi connectivity index (χ3v) is 3.32. The van der Waals surface area contributed by atoms with E-state index in [1.807, 2.05) is 0 Å². The van der Waals surface area contributed by atoms with Crippen molar-refractivity contribution in [2.75, 3.05) is 5.32 Å². The van der Waals surface area contributed by atoms with Crippen LogP contribution in [0.25, 0.3) is 0 Å². The minimum absolute atomic E-state index is 0.0285. The monoisotopic (exact) mass is 253 g/mol. The van der Waals surface area contributed by atoms with Crippen molar-refractivity contribution >= 4 is 11.4 Å². The lowest BCUT2D eigenvalue weighted by molar-refractivity contribution is -0.384. The normalized spacial score (nSPS) is 23.7. The molecule has 3 N–H and O–H groups in total. The summed E-state index contributed by atoms with van der Waals surface area (Å²) in [6, 6.07) is 3.34. The molecule has 1 aromatic rings. The summed E-state index contributed by atoms with van der Waals surface area (Å²) < 4.78 is 13.2. The Morgan fingerprint density at radius 3 is 2.78 bits per heavy atom. The number of nitrogens with two attached hydrogens (primary N) is 1. The van der Waals surface area contributed by atoms with Crippen LogP contribution in [0.15, 0.2) is 18.2 Å². The van der Waals surface area contributed by atoms with Crippen LogP contribution in [0.2, 0.25) is 0 Å². The van der Waals surface area contributed by atoms with Gasteiger partial charge in [-0.15, -0.1) is 0 Å². The van der Waals surface area contributed by atoms with Crippen LogP contribution < -0.4 is 11.1 Å². The van der Waals surface area contributed by atoms with Gasteiger partial charge in [-0.2, -0.15) is 0 Å². The molecule has 1 aliphatic carbocycles. The van der Waals surface area contributed by atoms with Crippen LogP contribution in [0.3, 0.4) is 0 Å². The molecule has 0 bridgehead atoms. The van der Waals surface area contributed by atoms with E-state index in [2.05, 4.69) is 5.32 Å². The quantitative estimate of drug-likeness (QED) is 0.640. The van der Waals surface area contributed by atoms with Crippen molar-refractivity contribution < 1.29 is 9.31 Å². The zero-order valence-corrected chi connectivity index (χ0v) is 9.93. The molecule has 0 aliphatic heterocycles. The molecule has 5 nitrogen and oxygen atoms in total. The maximum absolute atomic E-state index is 13.2. The summed E-state index contributed by atoms with van der Waals surface area (Å²) in [5, 5.41) is 13.9. The summed E-state index contributed by atoms with van der Waals surface area (Å²) in [4.78, 5) is 10.4. The predicted molar refractivity (Wildman–Crippen MR) is 66.9 cm³/mol. The standard InChI is InChI=1S/C12H16FN3O2/c13-8-5-6-12(16(17)18)11(7-8)15-10-4-2-1-3-9(10)14/h5-7,9-10,15H,1-4,14H2. The molecule has 1 aromatic carbocycles. The average molecular weight is 253 g/mol. The first kappa shape index (κ1) is 12.8. The van der Waals surface area contributed by atoms with Crippen molar-refractivity contribution in [2.24, 2.45) is 5.73 Å². The Morgan fingerprint density at radius 2 is 2.11 bits per heavy atom. The molecule has 0 spiro atoms. The molecule has 18 heavy (non-hydrogen) atoms. The van der Waals surface area contributed by atoms with Crippen molar-refractivity contribution in [3.8, 4) is 0 Å². The zero-order valence-electron chi connectivity index (χ0n) is 9.93. The van der Waals surface area contributed by atoms with E-state index in [0.717, 1.165) is 37.8 Å². The smallest absolute Gasteiger partial charge is 0.292 e. The first-order valence-corrected chi connectivity index (χ1v) is 6.04. The summed E-state index contributed by atoms with van der Waals surface area (Å²) in [6.07, 6.45) is 3.86. The third kappa shape index (κ3) is 2.76. The van der Waals surface area contributed by atoms with E-state index in [9.17, 15) is 14.5 Å². The molecule has 1 fully saturated rings. The molecule has 2 atom stereocenters. The van der Waals surface area contributed by atoms with Crippen LogP contribution in [-0.2, 0) is 0 Å². The summed E-state index contributed by atoms with van der Waals surface area (Å²) in [6.45, 7) is 0. The summed E-state index contributed by atoms with van der Waals surface area (Å²) >= 11 is 0. The maximum atomic E-state index is 13.2. The Morgan fingerprint density at radius 1 is 1.39 bits per heavy atom. The molecule has 0 saturated heterocycles. The van der Waals surface area contributed by atoms with Gasteiger partial charge in [0, 0.05) is 24.2 Å². The molecule has 2 unspecified atom stereocenters. The van der Waals surface area contributed by atoms with Gasteiger partial charge in [-0.05, 0) is 18.9 Å². The Bertz CT molecular complexity index is 453. The fraction of sp³-hybridized carbons (Fsp3) is 0.500. The number of nitro benzene ring substituents is 1. The number of anilines is 1. The van der Waals surface area contributed by atoms with Crippen molar-refractivity contribution in [1.29, 1.82) is 0 Å². The van der Waals surface area contributed by atoms with Gasteiger partial charge in [-0.1, -0.05) is 12.8 Å². The van der Waals surface area contributed by atoms with Crippen LogP contribution in [0.1, 0.15) is 25.7 Å². The fourth-order valence-electron chi connectivity index (χ4n) is 2.32. The Balaban J connectivity index is 2.21. The fourth-order valence-corrected chi connectivity index (χ4v) is 2.32. The Hall–Kier alpha value is -1.69. The Kier molecular flexibility index (Phi) is 3.76. The van der Waals surface area contributed by atoms with Crippen LogP contribution in [-0.4, -0.2) is 17.0 Å². The third-order valence-electron chi connectivity index (χ3n) is 3.32. The second kappa shape index (κ2) is 5.30. The lowest BCUT2D eigenvalue weighted by Crippen LogP contribution is -2.42. The van der Waals surface area contributed by atoms with E-state index in [-0.39, 0.29) is 23.5 Å². The molecule has 0 radical (unpaired) electrons. The summed E-state index contributed by atoms with van der Waals surface area (Å²) in [5.74, 6) is -0.493.